The molecular formula is C31H35ClF3N7O. The summed E-state index contributed by atoms with van der Waals surface area (Å²) in [5.41, 5.74) is 4.97. The van der Waals surface area contributed by atoms with E-state index in [1.807, 2.05) is 6.08 Å². The van der Waals surface area contributed by atoms with Crippen molar-refractivity contribution in [3.8, 4) is 17.3 Å². The largest absolute Gasteiger partial charge is 0.461 e. The first-order valence-electron chi connectivity index (χ1n) is 14.9. The number of ether oxygens (including phenoxy) is 1. The van der Waals surface area contributed by atoms with Crippen LogP contribution in [-0.2, 0) is 6.18 Å². The molecule has 7 rings (SSSR count). The number of alkyl halides is 3. The Morgan fingerprint density at radius 3 is 2.65 bits per heavy atom. The second-order valence-corrected chi connectivity index (χ2v) is 13.0. The van der Waals surface area contributed by atoms with Crippen LogP contribution < -0.4 is 20.7 Å². The van der Waals surface area contributed by atoms with E-state index in [0.29, 0.717) is 36.4 Å². The molecule has 0 amide bonds. The number of piperazine rings is 1. The minimum absolute atomic E-state index is 0.0185. The zero-order valence-corrected chi connectivity index (χ0v) is 24.9. The van der Waals surface area contributed by atoms with Gasteiger partial charge in [-0.3, -0.25) is 4.90 Å². The highest BCUT2D eigenvalue weighted by atomic mass is 35.5. The third kappa shape index (κ3) is 4.89. The minimum Gasteiger partial charge on any atom is -0.461 e. The Morgan fingerprint density at radius 2 is 1.93 bits per heavy atom. The fourth-order valence-electron chi connectivity index (χ4n) is 7.81. The van der Waals surface area contributed by atoms with Crippen LogP contribution in [0, 0.1) is 6.92 Å². The fourth-order valence-corrected chi connectivity index (χ4v) is 8.07. The molecule has 1 aromatic carbocycles. The molecule has 0 aliphatic carbocycles. The summed E-state index contributed by atoms with van der Waals surface area (Å²) in [5.74, 6) is 0.625. The smallest absolute Gasteiger partial charge is 0.418 e. The van der Waals surface area contributed by atoms with Gasteiger partial charge in [-0.25, -0.2) is 4.98 Å². The molecule has 43 heavy (non-hydrogen) atoms. The van der Waals surface area contributed by atoms with E-state index in [9.17, 15) is 13.2 Å². The lowest BCUT2D eigenvalue weighted by molar-refractivity contribution is -0.137. The van der Waals surface area contributed by atoms with Crippen LogP contribution in [0.4, 0.5) is 24.8 Å². The zero-order chi connectivity index (χ0) is 30.1. The number of anilines is 2. The Hall–Kier alpha value is -3.15. The van der Waals surface area contributed by atoms with E-state index in [1.165, 1.54) is 13.0 Å². The Morgan fingerprint density at radius 1 is 1.16 bits per heavy atom. The number of nitrogens with zero attached hydrogens (tertiary/aromatic N) is 5. The van der Waals surface area contributed by atoms with Gasteiger partial charge in [-0.15, -0.1) is 6.58 Å². The number of halogens is 4. The number of nitrogens with one attached hydrogen (secondary N) is 1. The number of rotatable bonds is 6. The van der Waals surface area contributed by atoms with Gasteiger partial charge in [0, 0.05) is 30.1 Å². The van der Waals surface area contributed by atoms with E-state index in [2.05, 4.69) is 26.7 Å². The van der Waals surface area contributed by atoms with Crippen molar-refractivity contribution in [3.63, 3.8) is 0 Å². The van der Waals surface area contributed by atoms with Crippen LogP contribution in [0.2, 0.25) is 5.02 Å². The van der Waals surface area contributed by atoms with E-state index in [1.54, 1.807) is 12.1 Å². The van der Waals surface area contributed by atoms with E-state index < -0.39 is 11.7 Å². The Bertz CT molecular complexity index is 1600. The van der Waals surface area contributed by atoms with Crippen molar-refractivity contribution in [2.45, 2.75) is 68.7 Å². The highest BCUT2D eigenvalue weighted by Crippen LogP contribution is 2.44. The molecular weight excluding hydrogens is 579 g/mol. The Kier molecular flexibility index (Phi) is 6.79. The quantitative estimate of drug-likeness (QED) is 0.339. The summed E-state index contributed by atoms with van der Waals surface area (Å²) in [6.45, 7) is 9.41. The third-order valence-electron chi connectivity index (χ3n) is 9.83. The molecule has 4 aliphatic heterocycles. The fraction of sp³-hybridized carbons (Fsp3) is 0.516. The number of hydrogen-bond acceptors (Lipinski definition) is 8. The van der Waals surface area contributed by atoms with E-state index in [4.69, 9.17) is 32.0 Å². The number of fused-ring (bicyclic) bond motifs is 4. The highest BCUT2D eigenvalue weighted by Gasteiger charge is 2.46. The van der Waals surface area contributed by atoms with Gasteiger partial charge < -0.3 is 20.7 Å². The lowest BCUT2D eigenvalue weighted by Gasteiger charge is -2.40. The maximum absolute atomic E-state index is 14.3. The SMILES string of the molecule is C=CC12CCC(CN(c3nc(OCC45CCCN4CCC5)nc4cc(-c5nc(N)cc(C)c5C(F)(F)F)c(Cl)cc34)C1)N2. The topological polar surface area (TPSA) is 92.4 Å². The average Bonchev–Trinajstić information content (AvgIpc) is 3.62. The van der Waals surface area contributed by atoms with Crippen LogP contribution in [0.15, 0.2) is 30.9 Å². The highest BCUT2D eigenvalue weighted by molar-refractivity contribution is 6.34. The Balaban J connectivity index is 1.36. The molecule has 0 saturated carbocycles. The van der Waals surface area contributed by atoms with Gasteiger partial charge >= 0.3 is 12.2 Å². The van der Waals surface area contributed by atoms with Crippen LogP contribution >= 0.6 is 11.6 Å². The summed E-state index contributed by atoms with van der Waals surface area (Å²) in [4.78, 5) is 18.5. The molecule has 2 bridgehead atoms. The summed E-state index contributed by atoms with van der Waals surface area (Å²) < 4.78 is 49.1. The standard InChI is InChI=1S/C31H35ClF3N7O/c1-3-29-9-6-19(40-29)15-41(16-29)27-21-13-22(32)20(26-25(31(33,34)35)18(2)12-24(36)38-26)14-23(21)37-28(39-27)43-17-30-7-4-10-42(30)11-5-8-30/h3,12-14,19,40H,1,4-11,15-17H2,2H3,(H2,36,38). The summed E-state index contributed by atoms with van der Waals surface area (Å²) in [6, 6.07) is 4.88. The monoisotopic (exact) mass is 613 g/mol. The molecule has 2 unspecified atom stereocenters. The van der Waals surface area contributed by atoms with Crippen LogP contribution in [0.1, 0.15) is 49.7 Å². The number of aryl methyl sites for hydroxylation is 1. The van der Waals surface area contributed by atoms with E-state index in [-0.39, 0.29) is 50.8 Å². The van der Waals surface area contributed by atoms with Crippen molar-refractivity contribution >= 4 is 34.1 Å². The molecule has 12 heteroatoms. The van der Waals surface area contributed by atoms with Crippen LogP contribution in [0.3, 0.4) is 0 Å². The maximum atomic E-state index is 14.3. The molecule has 6 heterocycles. The molecule has 228 valence electrons. The predicted molar refractivity (Wildman–Crippen MR) is 161 cm³/mol. The lowest BCUT2D eigenvalue weighted by atomic mass is 9.95. The summed E-state index contributed by atoms with van der Waals surface area (Å²) >= 11 is 6.76. The molecule has 2 atom stereocenters. The van der Waals surface area contributed by atoms with Gasteiger partial charge in [0.1, 0.15) is 18.2 Å². The van der Waals surface area contributed by atoms with Crippen molar-refractivity contribution in [1.29, 1.82) is 0 Å². The number of hydrogen-bond donors (Lipinski definition) is 2. The molecule has 3 aromatic rings. The van der Waals surface area contributed by atoms with Crippen LogP contribution in [0.5, 0.6) is 6.01 Å². The van der Waals surface area contributed by atoms with Crippen molar-refractivity contribution in [1.82, 2.24) is 25.2 Å². The first kappa shape index (κ1) is 28.6. The van der Waals surface area contributed by atoms with Crippen LogP contribution in [0.25, 0.3) is 22.2 Å². The first-order valence-corrected chi connectivity index (χ1v) is 15.3. The van der Waals surface area contributed by atoms with Gasteiger partial charge in [0.25, 0.3) is 0 Å². The Labute approximate surface area is 253 Å². The number of nitrogen functional groups attached to an aromatic ring is 1. The van der Waals surface area contributed by atoms with Crippen molar-refractivity contribution in [3.05, 3.63) is 47.0 Å². The van der Waals surface area contributed by atoms with E-state index in [0.717, 1.165) is 51.6 Å². The summed E-state index contributed by atoms with van der Waals surface area (Å²) in [6.07, 6.45) is 3.68. The zero-order valence-electron chi connectivity index (χ0n) is 24.1. The van der Waals surface area contributed by atoms with Crippen molar-refractivity contribution in [2.75, 3.05) is 43.4 Å². The molecule has 0 radical (unpaired) electrons. The minimum atomic E-state index is -4.66. The van der Waals surface area contributed by atoms with Gasteiger partial charge in [0.2, 0.25) is 0 Å². The van der Waals surface area contributed by atoms with E-state index >= 15 is 0 Å². The summed E-state index contributed by atoms with van der Waals surface area (Å²) in [5, 5.41) is 4.43. The molecule has 4 saturated heterocycles. The number of nitrogens with two attached hydrogens (primary N) is 1. The van der Waals surface area contributed by atoms with Crippen LogP contribution in [-0.4, -0.2) is 69.8 Å². The van der Waals surface area contributed by atoms with Crippen molar-refractivity contribution in [2.24, 2.45) is 0 Å². The summed E-state index contributed by atoms with van der Waals surface area (Å²) in [7, 11) is 0. The molecule has 0 spiro atoms. The van der Waals surface area contributed by atoms with Crippen molar-refractivity contribution < 1.29 is 17.9 Å². The third-order valence-corrected chi connectivity index (χ3v) is 10.1. The lowest BCUT2D eigenvalue weighted by Crippen LogP contribution is -2.58. The predicted octanol–water partition coefficient (Wildman–Crippen LogP) is 5.76. The second kappa shape index (κ2) is 10.2. The second-order valence-electron chi connectivity index (χ2n) is 12.6. The average molecular weight is 614 g/mol. The maximum Gasteiger partial charge on any atom is 0.418 e. The number of benzene rings is 1. The first-order chi connectivity index (χ1) is 20.5. The number of pyridine rings is 1. The molecule has 2 aromatic heterocycles. The normalized spacial score (nSPS) is 25.0. The van der Waals surface area contributed by atoms with Gasteiger partial charge in [0.05, 0.1) is 32.9 Å². The van der Waals surface area contributed by atoms with Gasteiger partial charge in [0.15, 0.2) is 0 Å². The molecule has 8 nitrogen and oxygen atoms in total. The number of aromatic nitrogens is 3. The van der Waals surface area contributed by atoms with Gasteiger partial charge in [-0.2, -0.15) is 23.1 Å². The molecule has 4 aliphatic rings. The van der Waals surface area contributed by atoms with Gasteiger partial charge in [-0.1, -0.05) is 17.7 Å². The molecule has 4 fully saturated rings. The molecule has 3 N–H and O–H groups in total. The van der Waals surface area contributed by atoms with Gasteiger partial charge in [-0.05, 0) is 82.3 Å².